The molecule has 0 fully saturated rings. The summed E-state index contributed by atoms with van der Waals surface area (Å²) >= 11 is 0. The molecule has 0 aliphatic heterocycles. The van der Waals surface area contributed by atoms with Crippen molar-refractivity contribution in [1.82, 2.24) is 4.98 Å². The smallest absolute Gasteiger partial charge is 0.0963 e. The van der Waals surface area contributed by atoms with Gasteiger partial charge in [0.25, 0.3) is 0 Å². The van der Waals surface area contributed by atoms with Crippen molar-refractivity contribution in [3.63, 3.8) is 0 Å². The minimum absolute atomic E-state index is 0.528. The lowest BCUT2D eigenvalue weighted by Gasteiger charge is -2.21. The van der Waals surface area contributed by atoms with Crippen LogP contribution in [0.5, 0.6) is 0 Å². The van der Waals surface area contributed by atoms with Gasteiger partial charge in [-0.3, -0.25) is 4.98 Å². The monoisotopic (exact) mass is 203 g/mol. The maximum atomic E-state index is 10.2. The van der Waals surface area contributed by atoms with Gasteiger partial charge >= 0.3 is 0 Å². The molecule has 0 saturated carbocycles. The molecule has 0 radical (unpaired) electrons. The molecule has 0 aliphatic carbocycles. The number of furan rings is 1. The van der Waals surface area contributed by atoms with Crippen LogP contribution >= 0.6 is 0 Å². The Morgan fingerprint density at radius 2 is 2.33 bits per heavy atom. The summed E-state index contributed by atoms with van der Waals surface area (Å²) in [5, 5.41) is 10.2. The molecule has 1 unspecified atom stereocenters. The van der Waals surface area contributed by atoms with E-state index < -0.39 is 5.60 Å². The van der Waals surface area contributed by atoms with E-state index >= 15 is 0 Å². The van der Waals surface area contributed by atoms with E-state index in [2.05, 4.69) is 4.98 Å². The summed E-state index contributed by atoms with van der Waals surface area (Å²) in [5.41, 5.74) is 0.880. The lowest BCUT2D eigenvalue weighted by atomic mass is 9.92. The van der Waals surface area contributed by atoms with Crippen molar-refractivity contribution in [2.45, 2.75) is 18.9 Å². The maximum Gasteiger partial charge on any atom is 0.0963 e. The Kier molecular flexibility index (Phi) is 2.56. The Bertz CT molecular complexity index is 406. The van der Waals surface area contributed by atoms with Crippen LogP contribution in [0.4, 0.5) is 0 Å². The highest BCUT2D eigenvalue weighted by atomic mass is 16.3. The van der Waals surface area contributed by atoms with Crippen LogP contribution in [-0.2, 0) is 12.0 Å². The summed E-state index contributed by atoms with van der Waals surface area (Å²) in [6.45, 7) is 1.77. The molecule has 2 aromatic rings. The van der Waals surface area contributed by atoms with Gasteiger partial charge in [-0.2, -0.15) is 0 Å². The van der Waals surface area contributed by atoms with E-state index in [1.54, 1.807) is 37.9 Å². The van der Waals surface area contributed by atoms with Gasteiger partial charge in [-0.05, 0) is 24.6 Å². The first kappa shape index (κ1) is 9.93. The van der Waals surface area contributed by atoms with Gasteiger partial charge in [-0.15, -0.1) is 0 Å². The van der Waals surface area contributed by atoms with E-state index in [9.17, 15) is 5.11 Å². The zero-order valence-corrected chi connectivity index (χ0v) is 8.55. The van der Waals surface area contributed by atoms with Gasteiger partial charge in [0.1, 0.15) is 0 Å². The third-order valence-electron chi connectivity index (χ3n) is 2.41. The third-order valence-corrected chi connectivity index (χ3v) is 2.41. The summed E-state index contributed by atoms with van der Waals surface area (Å²) in [4.78, 5) is 4.02. The first-order valence-corrected chi connectivity index (χ1v) is 4.82. The molecule has 3 heteroatoms. The fraction of sp³-hybridized carbons (Fsp3) is 0.250. The second-order valence-corrected chi connectivity index (χ2v) is 3.82. The minimum atomic E-state index is -0.907. The number of aromatic nitrogens is 1. The van der Waals surface area contributed by atoms with E-state index in [-0.39, 0.29) is 0 Å². The van der Waals surface area contributed by atoms with Crippen LogP contribution in [0.1, 0.15) is 18.1 Å². The van der Waals surface area contributed by atoms with Crippen molar-refractivity contribution in [1.29, 1.82) is 0 Å². The van der Waals surface area contributed by atoms with Crippen molar-refractivity contribution in [3.8, 4) is 0 Å². The molecule has 3 nitrogen and oxygen atoms in total. The number of hydrogen-bond donors (Lipinski definition) is 1. The molecule has 78 valence electrons. The van der Waals surface area contributed by atoms with E-state index in [1.165, 1.54) is 0 Å². The van der Waals surface area contributed by atoms with Crippen molar-refractivity contribution in [2.75, 3.05) is 0 Å². The summed E-state index contributed by atoms with van der Waals surface area (Å²) in [7, 11) is 0. The predicted molar refractivity (Wildman–Crippen MR) is 56.2 cm³/mol. The topological polar surface area (TPSA) is 46.3 Å². The third kappa shape index (κ3) is 2.25. The average Bonchev–Trinajstić information content (AvgIpc) is 2.71. The van der Waals surface area contributed by atoms with Gasteiger partial charge in [0.15, 0.2) is 0 Å². The quantitative estimate of drug-likeness (QED) is 0.831. The summed E-state index contributed by atoms with van der Waals surface area (Å²) < 4.78 is 4.96. The van der Waals surface area contributed by atoms with Crippen LogP contribution in [0.2, 0.25) is 0 Å². The van der Waals surface area contributed by atoms with Gasteiger partial charge < -0.3 is 9.52 Å². The summed E-state index contributed by atoms with van der Waals surface area (Å²) in [6.07, 6.45) is 7.13. The number of hydrogen-bond acceptors (Lipinski definition) is 3. The van der Waals surface area contributed by atoms with Crippen LogP contribution in [0.3, 0.4) is 0 Å². The molecule has 0 saturated heterocycles. The standard InChI is InChI=1S/C12H13NO2/c1-12(14,11-4-6-15-9-11)7-10-3-2-5-13-8-10/h2-6,8-9,14H,7H2,1H3. The van der Waals surface area contributed by atoms with Crippen molar-refractivity contribution < 1.29 is 9.52 Å². The van der Waals surface area contributed by atoms with Crippen LogP contribution in [0.15, 0.2) is 47.5 Å². The molecule has 0 spiro atoms. The number of aliphatic hydroxyl groups is 1. The Morgan fingerprint density at radius 1 is 1.47 bits per heavy atom. The Hall–Kier alpha value is -1.61. The number of pyridine rings is 1. The first-order valence-electron chi connectivity index (χ1n) is 4.82. The zero-order chi connectivity index (χ0) is 10.7. The molecule has 1 N–H and O–H groups in total. The normalized spacial score (nSPS) is 14.8. The Balaban J connectivity index is 2.18. The second kappa shape index (κ2) is 3.87. The molecule has 0 aliphatic rings. The molecule has 0 amide bonds. The fourth-order valence-electron chi connectivity index (χ4n) is 1.57. The maximum absolute atomic E-state index is 10.2. The number of rotatable bonds is 3. The van der Waals surface area contributed by atoms with Crippen LogP contribution in [-0.4, -0.2) is 10.1 Å². The van der Waals surface area contributed by atoms with Crippen molar-refractivity contribution in [2.24, 2.45) is 0 Å². The van der Waals surface area contributed by atoms with Crippen molar-refractivity contribution in [3.05, 3.63) is 54.2 Å². The second-order valence-electron chi connectivity index (χ2n) is 3.82. The van der Waals surface area contributed by atoms with Gasteiger partial charge in [-0.25, -0.2) is 0 Å². The van der Waals surface area contributed by atoms with Gasteiger partial charge in [0, 0.05) is 24.4 Å². The average molecular weight is 203 g/mol. The molecular formula is C12H13NO2. The highest BCUT2D eigenvalue weighted by molar-refractivity contribution is 5.20. The van der Waals surface area contributed by atoms with Gasteiger partial charge in [0.05, 0.1) is 18.1 Å². The Morgan fingerprint density at radius 3 is 2.93 bits per heavy atom. The molecular weight excluding hydrogens is 190 g/mol. The molecule has 2 rings (SSSR count). The lowest BCUT2D eigenvalue weighted by molar-refractivity contribution is 0.0569. The Labute approximate surface area is 88.4 Å². The largest absolute Gasteiger partial charge is 0.472 e. The van der Waals surface area contributed by atoms with Crippen LogP contribution < -0.4 is 0 Å². The summed E-state index contributed by atoms with van der Waals surface area (Å²) in [6, 6.07) is 5.58. The van der Waals surface area contributed by atoms with E-state index in [1.807, 2.05) is 12.1 Å². The first-order chi connectivity index (χ1) is 7.18. The highest BCUT2D eigenvalue weighted by Gasteiger charge is 2.24. The van der Waals surface area contributed by atoms with E-state index in [4.69, 9.17) is 4.42 Å². The molecule has 2 aromatic heterocycles. The minimum Gasteiger partial charge on any atom is -0.472 e. The van der Waals surface area contributed by atoms with Gasteiger partial charge in [0.2, 0.25) is 0 Å². The predicted octanol–water partition coefficient (Wildman–Crippen LogP) is 2.12. The fourth-order valence-corrected chi connectivity index (χ4v) is 1.57. The molecule has 2 heterocycles. The molecule has 0 bridgehead atoms. The van der Waals surface area contributed by atoms with E-state index in [0.29, 0.717) is 6.42 Å². The highest BCUT2D eigenvalue weighted by Crippen LogP contribution is 2.25. The van der Waals surface area contributed by atoms with Crippen LogP contribution in [0.25, 0.3) is 0 Å². The summed E-state index contributed by atoms with van der Waals surface area (Å²) in [5.74, 6) is 0. The lowest BCUT2D eigenvalue weighted by Crippen LogP contribution is -2.23. The zero-order valence-electron chi connectivity index (χ0n) is 8.55. The molecule has 0 aromatic carbocycles. The van der Waals surface area contributed by atoms with Crippen molar-refractivity contribution >= 4 is 0 Å². The van der Waals surface area contributed by atoms with Gasteiger partial charge in [-0.1, -0.05) is 6.07 Å². The molecule has 15 heavy (non-hydrogen) atoms. The van der Waals surface area contributed by atoms with Crippen LogP contribution in [0, 0.1) is 0 Å². The number of nitrogens with zero attached hydrogens (tertiary/aromatic N) is 1. The van der Waals surface area contributed by atoms with E-state index in [0.717, 1.165) is 11.1 Å². The molecule has 1 atom stereocenters. The SMILES string of the molecule is CC(O)(Cc1cccnc1)c1ccoc1.